The van der Waals surface area contributed by atoms with Crippen molar-refractivity contribution in [3.8, 4) is 5.75 Å². The molecule has 1 unspecified atom stereocenters. The molecule has 1 aliphatic rings. The zero-order valence-electron chi connectivity index (χ0n) is 16.3. The van der Waals surface area contributed by atoms with Crippen molar-refractivity contribution >= 4 is 29.0 Å². The lowest BCUT2D eigenvalue weighted by molar-refractivity contribution is -0.127. The van der Waals surface area contributed by atoms with E-state index in [-0.39, 0.29) is 24.1 Å². The zero-order chi connectivity index (χ0) is 20.3. The molecular weight excluding hydrogens is 356 g/mol. The van der Waals surface area contributed by atoms with Gasteiger partial charge in [0.25, 0.3) is 5.91 Å². The van der Waals surface area contributed by atoms with Crippen LogP contribution in [0.1, 0.15) is 42.6 Å². The van der Waals surface area contributed by atoms with Crippen LogP contribution in [0, 0.1) is 6.92 Å². The number of ether oxygens (including phenoxy) is 1. The van der Waals surface area contributed by atoms with Crippen molar-refractivity contribution in [2.75, 3.05) is 16.8 Å². The summed E-state index contributed by atoms with van der Waals surface area (Å²) in [6, 6.07) is 12.4. The summed E-state index contributed by atoms with van der Waals surface area (Å²) in [4.78, 5) is 38.8. The van der Waals surface area contributed by atoms with Gasteiger partial charge >= 0.3 is 0 Å². The minimum Gasteiger partial charge on any atom is -0.479 e. The molecule has 0 saturated carbocycles. The number of amides is 2. The number of hydrogen-bond acceptors (Lipinski definition) is 4. The van der Waals surface area contributed by atoms with Crippen LogP contribution in [-0.4, -0.2) is 30.2 Å². The van der Waals surface area contributed by atoms with Crippen molar-refractivity contribution in [3.05, 3.63) is 53.6 Å². The fraction of sp³-hybridized carbons (Fsp3) is 0.318. The van der Waals surface area contributed by atoms with Gasteiger partial charge in [-0.2, -0.15) is 0 Å². The van der Waals surface area contributed by atoms with Crippen LogP contribution in [0.5, 0.6) is 5.75 Å². The second kappa shape index (κ2) is 8.25. The fourth-order valence-electron chi connectivity index (χ4n) is 3.10. The van der Waals surface area contributed by atoms with Crippen LogP contribution in [0.3, 0.4) is 0 Å². The van der Waals surface area contributed by atoms with E-state index < -0.39 is 6.10 Å². The fourth-order valence-corrected chi connectivity index (χ4v) is 3.10. The predicted octanol–water partition coefficient (Wildman–Crippen LogP) is 3.73. The quantitative estimate of drug-likeness (QED) is 0.775. The summed E-state index contributed by atoms with van der Waals surface area (Å²) in [5.74, 6) is -0.141. The Morgan fingerprint density at radius 1 is 1.14 bits per heavy atom. The monoisotopic (exact) mass is 380 g/mol. The molecule has 1 atom stereocenters. The summed E-state index contributed by atoms with van der Waals surface area (Å²) in [7, 11) is 0. The van der Waals surface area contributed by atoms with Crippen LogP contribution in [0.4, 0.5) is 11.4 Å². The molecule has 0 aromatic heterocycles. The lowest BCUT2D eigenvalue weighted by Crippen LogP contribution is -2.47. The summed E-state index contributed by atoms with van der Waals surface area (Å²) in [6.45, 7) is 5.39. The van der Waals surface area contributed by atoms with Gasteiger partial charge in [0.05, 0.1) is 5.69 Å². The van der Waals surface area contributed by atoms with Crippen molar-refractivity contribution < 1.29 is 19.1 Å². The van der Waals surface area contributed by atoms with Crippen LogP contribution in [0.25, 0.3) is 0 Å². The first kappa shape index (κ1) is 19.6. The van der Waals surface area contributed by atoms with Crippen molar-refractivity contribution in [2.24, 2.45) is 0 Å². The Bertz CT molecular complexity index is 905. The third kappa shape index (κ3) is 4.22. The molecule has 28 heavy (non-hydrogen) atoms. The first-order chi connectivity index (χ1) is 13.4. The lowest BCUT2D eigenvalue weighted by atomic mass is 10.0. The Hall–Kier alpha value is -3.15. The van der Waals surface area contributed by atoms with Crippen LogP contribution in [0.15, 0.2) is 42.5 Å². The minimum atomic E-state index is -0.697. The lowest BCUT2D eigenvalue weighted by Gasteiger charge is -2.32. The molecule has 2 amide bonds. The number of anilines is 2. The average molecular weight is 380 g/mol. The van der Waals surface area contributed by atoms with Crippen LogP contribution >= 0.6 is 0 Å². The van der Waals surface area contributed by atoms with Crippen molar-refractivity contribution in [2.45, 2.75) is 39.7 Å². The van der Waals surface area contributed by atoms with Gasteiger partial charge < -0.3 is 10.1 Å². The molecule has 0 bridgehead atoms. The minimum absolute atomic E-state index is 0.000396. The number of carbonyl (C=O) groups is 3. The second-order valence-corrected chi connectivity index (χ2v) is 6.95. The summed E-state index contributed by atoms with van der Waals surface area (Å²) in [6.07, 6.45) is 0.472. The van der Waals surface area contributed by atoms with Crippen LogP contribution in [-0.2, 0) is 9.59 Å². The second-order valence-electron chi connectivity index (χ2n) is 6.95. The van der Waals surface area contributed by atoms with Crippen LogP contribution < -0.4 is 15.0 Å². The van der Waals surface area contributed by atoms with Gasteiger partial charge in [0.1, 0.15) is 12.3 Å². The molecule has 6 nitrogen and oxygen atoms in total. The smallest absolute Gasteiger partial charge is 0.268 e. The van der Waals surface area contributed by atoms with E-state index >= 15 is 0 Å². The highest BCUT2D eigenvalue weighted by molar-refractivity contribution is 6.07. The molecule has 2 aromatic rings. The van der Waals surface area contributed by atoms with Crippen molar-refractivity contribution in [1.29, 1.82) is 0 Å². The van der Waals surface area contributed by atoms with E-state index in [1.165, 1.54) is 4.90 Å². The molecule has 0 spiro atoms. The SMILES string of the molecule is CCCC(=O)c1ccc2c(c1)N(CC(=O)Nc1ccc(C)cc1)C(=O)C(C)O2. The summed E-state index contributed by atoms with van der Waals surface area (Å²) in [5.41, 5.74) is 2.71. The normalized spacial score (nSPS) is 15.6. The molecule has 3 rings (SSSR count). The number of nitrogens with zero attached hydrogens (tertiary/aromatic N) is 1. The summed E-state index contributed by atoms with van der Waals surface area (Å²) >= 11 is 0. The molecule has 146 valence electrons. The number of ketones is 1. The van der Waals surface area contributed by atoms with Gasteiger partial charge in [0.2, 0.25) is 5.91 Å². The molecule has 0 aliphatic carbocycles. The summed E-state index contributed by atoms with van der Waals surface area (Å²) < 4.78 is 5.65. The van der Waals surface area contributed by atoms with E-state index in [1.807, 2.05) is 38.1 Å². The Morgan fingerprint density at radius 2 is 1.86 bits per heavy atom. The van der Waals surface area contributed by atoms with Gasteiger partial charge in [-0.3, -0.25) is 19.3 Å². The van der Waals surface area contributed by atoms with Gasteiger partial charge in [-0.1, -0.05) is 24.6 Å². The zero-order valence-corrected chi connectivity index (χ0v) is 16.3. The van der Waals surface area contributed by atoms with E-state index in [4.69, 9.17) is 4.74 Å². The summed E-state index contributed by atoms with van der Waals surface area (Å²) in [5, 5.41) is 2.80. The topological polar surface area (TPSA) is 75.7 Å². The number of benzene rings is 2. The highest BCUT2D eigenvalue weighted by Crippen LogP contribution is 2.35. The van der Waals surface area contributed by atoms with E-state index in [2.05, 4.69) is 5.32 Å². The third-order valence-electron chi connectivity index (χ3n) is 4.60. The molecule has 1 N–H and O–H groups in total. The Kier molecular flexibility index (Phi) is 5.78. The molecule has 1 heterocycles. The first-order valence-electron chi connectivity index (χ1n) is 9.41. The third-order valence-corrected chi connectivity index (χ3v) is 4.60. The van der Waals surface area contributed by atoms with Gasteiger partial charge in [0.15, 0.2) is 11.9 Å². The molecule has 0 saturated heterocycles. The van der Waals surface area contributed by atoms with E-state index in [9.17, 15) is 14.4 Å². The number of nitrogens with one attached hydrogen (secondary N) is 1. The van der Waals surface area contributed by atoms with E-state index in [1.54, 1.807) is 25.1 Å². The van der Waals surface area contributed by atoms with Crippen molar-refractivity contribution in [1.82, 2.24) is 0 Å². The Balaban J connectivity index is 1.84. The largest absolute Gasteiger partial charge is 0.479 e. The highest BCUT2D eigenvalue weighted by Gasteiger charge is 2.33. The first-order valence-corrected chi connectivity index (χ1v) is 9.41. The number of carbonyl (C=O) groups excluding carboxylic acids is 3. The molecule has 2 aromatic carbocycles. The van der Waals surface area contributed by atoms with E-state index in [0.717, 1.165) is 12.0 Å². The Morgan fingerprint density at radius 3 is 2.54 bits per heavy atom. The number of rotatable bonds is 6. The standard InChI is InChI=1S/C22H24N2O4/c1-4-5-19(25)16-8-11-20-18(12-16)24(22(27)15(3)28-20)13-21(26)23-17-9-6-14(2)7-10-17/h6-12,15H,4-5,13H2,1-3H3,(H,23,26). The number of fused-ring (bicyclic) bond motifs is 1. The molecule has 0 fully saturated rings. The van der Waals surface area contributed by atoms with Crippen LogP contribution in [0.2, 0.25) is 0 Å². The van der Waals surface area contributed by atoms with E-state index in [0.29, 0.717) is 29.1 Å². The molecule has 6 heteroatoms. The van der Waals surface area contributed by atoms with Gasteiger partial charge in [-0.05, 0) is 50.6 Å². The maximum atomic E-state index is 12.7. The number of aryl methyl sites for hydroxylation is 1. The molecule has 0 radical (unpaired) electrons. The van der Waals surface area contributed by atoms with Crippen molar-refractivity contribution in [3.63, 3.8) is 0 Å². The van der Waals surface area contributed by atoms with Gasteiger partial charge in [-0.15, -0.1) is 0 Å². The van der Waals surface area contributed by atoms with Gasteiger partial charge in [-0.25, -0.2) is 0 Å². The predicted molar refractivity (Wildman–Crippen MR) is 108 cm³/mol. The highest BCUT2D eigenvalue weighted by atomic mass is 16.5. The Labute approximate surface area is 164 Å². The average Bonchev–Trinajstić information content (AvgIpc) is 2.67. The molecule has 1 aliphatic heterocycles. The number of Topliss-reactive ketones (excluding diaryl/α,β-unsaturated/α-hetero) is 1. The number of hydrogen-bond donors (Lipinski definition) is 1. The maximum Gasteiger partial charge on any atom is 0.268 e. The molecular formula is C22H24N2O4. The van der Waals surface area contributed by atoms with Gasteiger partial charge in [0, 0.05) is 17.7 Å². The maximum absolute atomic E-state index is 12.7.